The van der Waals surface area contributed by atoms with Crippen LogP contribution in [0.1, 0.15) is 123 Å². The van der Waals surface area contributed by atoms with Crippen molar-refractivity contribution in [1.82, 2.24) is 15.4 Å². The Kier molecular flexibility index (Phi) is 24.2. The average Bonchev–Trinajstić information content (AvgIpc) is 4.16. The maximum atomic E-state index is 13.3. The molecule has 0 bridgehead atoms. The fraction of sp³-hybridized carbons (Fsp3) is 0.554. The molecule has 0 unspecified atom stereocenters. The third kappa shape index (κ3) is 20.5. The van der Waals surface area contributed by atoms with Crippen LogP contribution in [0.4, 0.5) is 5.69 Å². The monoisotopic (exact) mass is 1140 g/mol. The zero-order chi connectivity index (χ0) is 55.4. The van der Waals surface area contributed by atoms with E-state index in [0.29, 0.717) is 55.3 Å². The molecule has 0 radical (unpaired) electrons. The molecule has 0 aromatic heterocycles. The van der Waals surface area contributed by atoms with E-state index >= 15 is 0 Å². The molecule has 0 saturated carbocycles. The Morgan fingerprint density at radius 2 is 1.58 bits per heavy atom. The van der Waals surface area contributed by atoms with Crippen molar-refractivity contribution in [3.05, 3.63) is 95.6 Å². The van der Waals surface area contributed by atoms with E-state index in [2.05, 4.69) is 49.6 Å². The van der Waals surface area contributed by atoms with Crippen LogP contribution in [0.15, 0.2) is 89.4 Å². The van der Waals surface area contributed by atoms with Gasteiger partial charge in [-0.3, -0.25) is 33.6 Å². The van der Waals surface area contributed by atoms with Gasteiger partial charge in [0.1, 0.15) is 35.5 Å². The fourth-order valence-electron chi connectivity index (χ4n) is 9.22. The highest BCUT2D eigenvalue weighted by molar-refractivity contribution is 9.09. The maximum absolute atomic E-state index is 13.3. The van der Waals surface area contributed by atoms with E-state index in [0.717, 1.165) is 36.8 Å². The van der Waals surface area contributed by atoms with Crippen molar-refractivity contribution in [3.8, 4) is 0 Å². The minimum atomic E-state index is -4.22. The normalized spacial score (nSPS) is 23.9. The second-order valence-electron chi connectivity index (χ2n) is 20.1. The van der Waals surface area contributed by atoms with Crippen molar-refractivity contribution < 1.29 is 66.0 Å². The SMILES string of the molecule is CC(=O)O[C@@H](C)/C=C\C(=O)N[C@@H]1C[C@H](C)[C@H](C/C=C(C)/C=C/[C@H]2O[C@H](CC(=O)CCc3ccc(S(=O)(=O)NC(=O)CCc4ccccc4NC(=O)CNC(=O)CCCCCCC(=O)CBr)cc3)C[C@@]3(CO3)[C@@H]2O)O[C@@H]1C. The quantitative estimate of drug-likeness (QED) is 0.0148. The first kappa shape index (κ1) is 61.5. The van der Waals surface area contributed by atoms with Crippen LogP contribution in [0.2, 0.25) is 0 Å². The molecular weight excluding hydrogens is 1060 g/mol. The summed E-state index contributed by atoms with van der Waals surface area (Å²) in [6.45, 7) is 9.07. The number of Topliss-reactive ketones (excluding diaryl/α,β-unsaturated/α-hetero) is 2. The first-order chi connectivity index (χ1) is 36.1. The van der Waals surface area contributed by atoms with Crippen LogP contribution < -0.4 is 20.7 Å². The Hall–Kier alpha value is -5.38. The number of esters is 1. The van der Waals surface area contributed by atoms with Gasteiger partial charge in [0.05, 0.1) is 47.7 Å². The van der Waals surface area contributed by atoms with E-state index in [1.54, 1.807) is 49.4 Å². The number of aliphatic hydroxyl groups excluding tert-OH is 1. The second-order valence-corrected chi connectivity index (χ2v) is 22.4. The number of nitrogens with one attached hydrogen (secondary N) is 4. The number of hydrogen-bond donors (Lipinski definition) is 5. The van der Waals surface area contributed by atoms with Crippen LogP contribution in [-0.4, -0.2) is 121 Å². The number of aryl methyl sites for hydroxylation is 2. The number of rotatable bonds is 29. The van der Waals surface area contributed by atoms with Crippen LogP contribution in [0, 0.1) is 5.92 Å². The van der Waals surface area contributed by atoms with Crippen LogP contribution in [0.5, 0.6) is 0 Å². The van der Waals surface area contributed by atoms with E-state index in [4.69, 9.17) is 18.9 Å². The summed E-state index contributed by atoms with van der Waals surface area (Å²) in [6, 6.07) is 12.6. The van der Waals surface area contributed by atoms with Gasteiger partial charge in [0.15, 0.2) is 0 Å². The lowest BCUT2D eigenvalue weighted by Gasteiger charge is -2.39. The van der Waals surface area contributed by atoms with Gasteiger partial charge in [-0.1, -0.05) is 89.8 Å². The lowest BCUT2D eigenvalue weighted by Crippen LogP contribution is -2.50. The topological polar surface area (TPSA) is 262 Å². The molecule has 3 saturated heterocycles. The van der Waals surface area contributed by atoms with Crippen molar-refractivity contribution in [2.45, 2.75) is 178 Å². The fourth-order valence-corrected chi connectivity index (χ4v) is 10.5. The first-order valence-corrected chi connectivity index (χ1v) is 28.8. The summed E-state index contributed by atoms with van der Waals surface area (Å²) in [4.78, 5) is 86.0. The first-order valence-electron chi connectivity index (χ1n) is 26.2. The highest BCUT2D eigenvalue weighted by Crippen LogP contribution is 2.43. The van der Waals surface area contributed by atoms with E-state index in [1.165, 1.54) is 31.2 Å². The number of carbonyl (C=O) groups is 7. The third-order valence-electron chi connectivity index (χ3n) is 13.7. The Balaban J connectivity index is 1.02. The number of sulfonamides is 1. The predicted molar refractivity (Wildman–Crippen MR) is 289 cm³/mol. The van der Waals surface area contributed by atoms with Gasteiger partial charge in [0.25, 0.3) is 10.0 Å². The Labute approximate surface area is 455 Å². The van der Waals surface area contributed by atoms with E-state index in [1.807, 2.05) is 19.9 Å². The van der Waals surface area contributed by atoms with Crippen LogP contribution in [0.3, 0.4) is 0 Å². The standard InChI is InChI=1S/C56H75BrN4O14S/c1-36(16-26-49-37(2)30-48(39(4)74-49)60-52(66)28-18-38(3)73-40(5)62)17-27-50-55(69)56(35-72-56)32-45(75-50)31-43(63)23-19-41-20-24-46(25-21-41)76(70,71)61-53(67)29-22-42-12-10-11-14-47(42)59-54(68)34-58-51(65)15-9-7-6-8-13-44(64)33-57/h10-12,14,16-18,20-21,24-25,27-28,37-39,45,48-50,55,69H,6-9,13,15,19,22-23,26,29-35H2,1-5H3,(H,58,65)(H,59,68)(H,60,66)(H,61,67)/b27-17+,28-18-,36-16+/t37-,38-,39+,45+,48+,49-,50+,55+,56+/m0/s1. The van der Waals surface area contributed by atoms with Gasteiger partial charge < -0.3 is 40.0 Å². The second kappa shape index (κ2) is 30.0. The van der Waals surface area contributed by atoms with Gasteiger partial charge in [-0.15, -0.1) is 0 Å². The van der Waals surface area contributed by atoms with Gasteiger partial charge in [0.2, 0.25) is 23.6 Å². The Morgan fingerprint density at radius 3 is 2.28 bits per heavy atom. The number of ether oxygens (including phenoxy) is 4. The van der Waals surface area contributed by atoms with Crippen LogP contribution >= 0.6 is 15.9 Å². The smallest absolute Gasteiger partial charge is 0.303 e. The Bertz CT molecular complexity index is 2550. The molecule has 9 atom stereocenters. The highest BCUT2D eigenvalue weighted by Gasteiger charge is 2.58. The molecule has 3 heterocycles. The molecule has 4 amide bonds. The number of amides is 4. The molecule has 3 aliphatic rings. The van der Waals surface area contributed by atoms with E-state index in [-0.39, 0.29) is 91.1 Å². The summed E-state index contributed by atoms with van der Waals surface area (Å²) in [5, 5.41) is 19.9. The van der Waals surface area contributed by atoms with Gasteiger partial charge in [0, 0.05) is 57.2 Å². The number of halogens is 1. The molecule has 2 aromatic carbocycles. The molecule has 3 fully saturated rings. The molecule has 416 valence electrons. The predicted octanol–water partition coefficient (Wildman–Crippen LogP) is 6.36. The summed E-state index contributed by atoms with van der Waals surface area (Å²) in [5.74, 6) is -1.93. The molecular formula is C56H75BrN4O14S. The summed E-state index contributed by atoms with van der Waals surface area (Å²) in [5.41, 5.74) is 1.91. The van der Waals surface area contributed by atoms with E-state index in [9.17, 15) is 47.1 Å². The van der Waals surface area contributed by atoms with Crippen molar-refractivity contribution in [1.29, 1.82) is 0 Å². The number of aliphatic hydroxyl groups is 1. The van der Waals surface area contributed by atoms with Gasteiger partial charge >= 0.3 is 5.97 Å². The van der Waals surface area contributed by atoms with Gasteiger partial charge in [-0.25, -0.2) is 13.1 Å². The maximum Gasteiger partial charge on any atom is 0.303 e. The summed E-state index contributed by atoms with van der Waals surface area (Å²) >= 11 is 3.14. The molecule has 5 rings (SSSR count). The highest BCUT2D eigenvalue weighted by atomic mass is 79.9. The summed E-state index contributed by atoms with van der Waals surface area (Å²) in [7, 11) is -4.22. The number of alkyl halides is 1. The average molecular weight is 1140 g/mol. The summed E-state index contributed by atoms with van der Waals surface area (Å²) in [6.07, 6.45) is 11.8. The van der Waals surface area contributed by atoms with Crippen LogP contribution in [0.25, 0.3) is 0 Å². The number of carbonyl (C=O) groups excluding carboxylic acids is 7. The molecule has 1 spiro atoms. The lowest BCUT2D eigenvalue weighted by atomic mass is 9.86. The number of benzene rings is 2. The zero-order valence-electron chi connectivity index (χ0n) is 44.2. The number of anilines is 1. The molecule has 20 heteroatoms. The molecule has 3 aliphatic heterocycles. The number of para-hydroxylation sites is 1. The Morgan fingerprint density at radius 1 is 0.868 bits per heavy atom. The molecule has 76 heavy (non-hydrogen) atoms. The number of ketones is 2. The largest absolute Gasteiger partial charge is 0.459 e. The molecule has 5 N–H and O–H groups in total. The van der Waals surface area contributed by atoms with Crippen molar-refractivity contribution in [2.75, 3.05) is 23.8 Å². The van der Waals surface area contributed by atoms with Gasteiger partial charge in [-0.2, -0.15) is 0 Å². The number of unbranched alkanes of at least 4 members (excludes halogenated alkanes) is 3. The number of epoxide rings is 1. The van der Waals surface area contributed by atoms with E-state index < -0.39 is 57.8 Å². The summed E-state index contributed by atoms with van der Waals surface area (Å²) < 4.78 is 51.8. The minimum Gasteiger partial charge on any atom is -0.459 e. The minimum absolute atomic E-state index is 0.0642. The number of hydrogen-bond acceptors (Lipinski definition) is 14. The van der Waals surface area contributed by atoms with Gasteiger partial charge in [-0.05, 0) is 101 Å². The van der Waals surface area contributed by atoms with Crippen molar-refractivity contribution in [3.63, 3.8) is 0 Å². The third-order valence-corrected chi connectivity index (χ3v) is 15.7. The molecule has 18 nitrogen and oxygen atoms in total. The molecule has 2 aromatic rings. The zero-order valence-corrected chi connectivity index (χ0v) is 46.6. The van der Waals surface area contributed by atoms with Crippen molar-refractivity contribution >= 4 is 72.8 Å². The number of allylic oxidation sites excluding steroid dienone is 2. The van der Waals surface area contributed by atoms with Crippen molar-refractivity contribution in [2.24, 2.45) is 5.92 Å². The van der Waals surface area contributed by atoms with Crippen LogP contribution in [-0.2, 0) is 75.4 Å². The molecule has 0 aliphatic carbocycles. The lowest BCUT2D eigenvalue weighted by molar-refractivity contribution is -0.144.